The molecule has 0 amide bonds. The first-order chi connectivity index (χ1) is 12.6. The first-order valence-electron chi connectivity index (χ1n) is 8.60. The third-order valence-electron chi connectivity index (χ3n) is 3.59. The molecule has 0 aromatic heterocycles. The van der Waals surface area contributed by atoms with Gasteiger partial charge in [-0.3, -0.25) is 4.57 Å². The van der Waals surface area contributed by atoms with E-state index in [1.165, 1.54) is 0 Å². The molecule has 0 spiro atoms. The Balaban J connectivity index is 2.43. The van der Waals surface area contributed by atoms with Gasteiger partial charge in [0.1, 0.15) is 5.75 Å². The molecule has 26 heavy (non-hydrogen) atoms. The van der Waals surface area contributed by atoms with E-state index in [4.69, 9.17) is 13.8 Å². The fraction of sp³-hybridized carbons (Fsp3) is 0.238. The van der Waals surface area contributed by atoms with Crippen LogP contribution in [0.25, 0.3) is 12.2 Å². The van der Waals surface area contributed by atoms with E-state index in [0.29, 0.717) is 18.5 Å². The molecule has 0 aliphatic rings. The molecule has 138 valence electrons. The summed E-state index contributed by atoms with van der Waals surface area (Å²) in [5.74, 6) is 0.765. The fourth-order valence-corrected chi connectivity index (χ4v) is 3.98. The van der Waals surface area contributed by atoms with Gasteiger partial charge in [-0.2, -0.15) is 0 Å². The number of hydrogen-bond donors (Lipinski definition) is 0. The number of benzene rings is 2. The van der Waals surface area contributed by atoms with E-state index in [0.717, 1.165) is 16.9 Å². The number of ether oxygens (including phenoxy) is 1. The second-order valence-corrected chi connectivity index (χ2v) is 7.45. The number of methoxy groups -OCH3 is 1. The van der Waals surface area contributed by atoms with Crippen molar-refractivity contribution in [2.24, 2.45) is 0 Å². The maximum atomic E-state index is 13.3. The van der Waals surface area contributed by atoms with Crippen LogP contribution in [0.5, 0.6) is 5.75 Å². The van der Waals surface area contributed by atoms with Gasteiger partial charge in [-0.05, 0) is 49.3 Å². The van der Waals surface area contributed by atoms with E-state index >= 15 is 0 Å². The molecule has 0 saturated carbocycles. The van der Waals surface area contributed by atoms with Crippen molar-refractivity contribution < 1.29 is 18.3 Å². The minimum absolute atomic E-state index is 0.302. The van der Waals surface area contributed by atoms with Crippen LogP contribution >= 0.6 is 7.60 Å². The Morgan fingerprint density at radius 1 is 0.923 bits per heavy atom. The third kappa shape index (κ3) is 5.70. The van der Waals surface area contributed by atoms with E-state index in [1.54, 1.807) is 27.0 Å². The Morgan fingerprint density at radius 2 is 1.54 bits per heavy atom. The van der Waals surface area contributed by atoms with E-state index in [9.17, 15) is 4.57 Å². The number of rotatable bonds is 9. The summed E-state index contributed by atoms with van der Waals surface area (Å²) < 4.78 is 29.5. The second kappa shape index (κ2) is 10.1. The molecule has 2 aromatic rings. The predicted molar refractivity (Wildman–Crippen MR) is 107 cm³/mol. The Kier molecular flexibility index (Phi) is 7.86. The Labute approximate surface area is 155 Å². The highest BCUT2D eigenvalue weighted by atomic mass is 31.2. The molecule has 0 fully saturated rings. The lowest BCUT2D eigenvalue weighted by molar-refractivity contribution is 0.227. The van der Waals surface area contributed by atoms with Crippen molar-refractivity contribution in [1.82, 2.24) is 0 Å². The van der Waals surface area contributed by atoms with Gasteiger partial charge in [0.25, 0.3) is 0 Å². The summed E-state index contributed by atoms with van der Waals surface area (Å²) in [4.78, 5) is 0. The summed E-state index contributed by atoms with van der Waals surface area (Å²) in [5, 5.41) is 0.509. The van der Waals surface area contributed by atoms with Crippen LogP contribution in [-0.4, -0.2) is 20.3 Å². The van der Waals surface area contributed by atoms with Crippen LogP contribution < -0.4 is 4.74 Å². The molecule has 2 aromatic carbocycles. The Hall–Kier alpha value is -2.13. The summed E-state index contributed by atoms with van der Waals surface area (Å²) in [7, 11) is -1.79. The smallest absolute Gasteiger partial charge is 0.361 e. The quantitative estimate of drug-likeness (QED) is 0.399. The maximum Gasteiger partial charge on any atom is 0.361 e. The largest absolute Gasteiger partial charge is 0.497 e. The van der Waals surface area contributed by atoms with Crippen LogP contribution in [0.1, 0.15) is 25.0 Å². The fourth-order valence-electron chi connectivity index (χ4n) is 2.36. The first kappa shape index (κ1) is 20.2. The van der Waals surface area contributed by atoms with E-state index < -0.39 is 7.60 Å². The van der Waals surface area contributed by atoms with Crippen LogP contribution in [0.2, 0.25) is 0 Å². The zero-order chi connectivity index (χ0) is 18.8. The van der Waals surface area contributed by atoms with Crippen LogP contribution in [0, 0.1) is 0 Å². The van der Waals surface area contributed by atoms with Crippen LogP contribution in [-0.2, 0) is 13.6 Å². The van der Waals surface area contributed by atoms with Gasteiger partial charge < -0.3 is 13.8 Å². The van der Waals surface area contributed by atoms with E-state index in [1.807, 2.05) is 66.7 Å². The molecule has 0 unspecified atom stereocenters. The van der Waals surface area contributed by atoms with E-state index in [2.05, 4.69) is 0 Å². The molecule has 0 aliphatic heterocycles. The predicted octanol–water partition coefficient (Wildman–Crippen LogP) is 6.02. The second-order valence-electron chi connectivity index (χ2n) is 5.42. The Morgan fingerprint density at radius 3 is 2.08 bits per heavy atom. The molecule has 0 radical (unpaired) electrons. The zero-order valence-corrected chi connectivity index (χ0v) is 16.3. The highest BCUT2D eigenvalue weighted by molar-refractivity contribution is 7.59. The highest BCUT2D eigenvalue weighted by Gasteiger charge is 2.27. The van der Waals surface area contributed by atoms with Gasteiger partial charge in [0.15, 0.2) is 0 Å². The zero-order valence-electron chi connectivity index (χ0n) is 15.4. The monoisotopic (exact) mass is 372 g/mol. The molecule has 4 nitrogen and oxygen atoms in total. The molecule has 0 aliphatic carbocycles. The topological polar surface area (TPSA) is 44.8 Å². The number of hydrogen-bond acceptors (Lipinski definition) is 4. The van der Waals surface area contributed by atoms with Gasteiger partial charge in [0, 0.05) is 0 Å². The van der Waals surface area contributed by atoms with E-state index in [-0.39, 0.29) is 0 Å². The van der Waals surface area contributed by atoms with Gasteiger partial charge >= 0.3 is 7.60 Å². The minimum Gasteiger partial charge on any atom is -0.497 e. The molecule has 0 saturated heterocycles. The molecule has 0 heterocycles. The van der Waals surface area contributed by atoms with Crippen molar-refractivity contribution >= 4 is 19.7 Å². The van der Waals surface area contributed by atoms with Gasteiger partial charge in [-0.15, -0.1) is 0 Å². The summed E-state index contributed by atoms with van der Waals surface area (Å²) in [6.07, 6.45) is 5.52. The molecular formula is C21H25O4P. The van der Waals surface area contributed by atoms with Crippen molar-refractivity contribution in [1.29, 1.82) is 0 Å². The van der Waals surface area contributed by atoms with Gasteiger partial charge in [-0.1, -0.05) is 48.5 Å². The molecule has 2 rings (SSSR count). The average molecular weight is 372 g/mol. The SMILES string of the molecule is CCOP(=O)(OCC)C(/C=C/c1ccccc1)=C/c1ccc(OC)cc1. The summed E-state index contributed by atoms with van der Waals surface area (Å²) >= 11 is 0. The standard InChI is InChI=1S/C21H25O4P/c1-4-24-26(22,25-5-2)21(16-13-18-9-7-6-8-10-18)17-19-11-14-20(23-3)15-12-19/h6-17H,4-5H2,1-3H3/b16-13+,21-17+. The lowest BCUT2D eigenvalue weighted by Crippen LogP contribution is -1.97. The minimum atomic E-state index is -3.41. The summed E-state index contributed by atoms with van der Waals surface area (Å²) in [6.45, 7) is 4.21. The van der Waals surface area contributed by atoms with Gasteiger partial charge in [0.05, 0.1) is 25.6 Å². The van der Waals surface area contributed by atoms with Crippen molar-refractivity contribution in [2.45, 2.75) is 13.8 Å². The van der Waals surface area contributed by atoms with Crippen molar-refractivity contribution in [3.05, 3.63) is 77.1 Å². The summed E-state index contributed by atoms with van der Waals surface area (Å²) in [5.41, 5.74) is 1.89. The van der Waals surface area contributed by atoms with Crippen LogP contribution in [0.15, 0.2) is 66.0 Å². The average Bonchev–Trinajstić information content (AvgIpc) is 2.66. The molecule has 0 atom stereocenters. The maximum absolute atomic E-state index is 13.3. The van der Waals surface area contributed by atoms with Crippen LogP contribution in [0.4, 0.5) is 0 Å². The number of allylic oxidation sites excluding steroid dienone is 2. The lowest BCUT2D eigenvalue weighted by Gasteiger charge is -2.18. The molecule has 0 bridgehead atoms. The molecule has 5 heteroatoms. The Bertz CT molecular complexity index is 769. The van der Waals surface area contributed by atoms with Gasteiger partial charge in [0.2, 0.25) is 0 Å². The summed E-state index contributed by atoms with van der Waals surface area (Å²) in [6, 6.07) is 17.3. The molecular weight excluding hydrogens is 347 g/mol. The lowest BCUT2D eigenvalue weighted by atomic mass is 10.2. The molecule has 0 N–H and O–H groups in total. The third-order valence-corrected chi connectivity index (χ3v) is 5.70. The normalized spacial score (nSPS) is 12.5. The van der Waals surface area contributed by atoms with Crippen molar-refractivity contribution in [3.8, 4) is 5.75 Å². The van der Waals surface area contributed by atoms with Gasteiger partial charge in [-0.25, -0.2) is 0 Å². The van der Waals surface area contributed by atoms with Crippen molar-refractivity contribution in [2.75, 3.05) is 20.3 Å². The highest BCUT2D eigenvalue weighted by Crippen LogP contribution is 2.57. The van der Waals surface area contributed by atoms with Crippen molar-refractivity contribution in [3.63, 3.8) is 0 Å². The first-order valence-corrected chi connectivity index (χ1v) is 10.1. The van der Waals surface area contributed by atoms with Crippen LogP contribution in [0.3, 0.4) is 0 Å².